The molecule has 1 saturated heterocycles. The van der Waals surface area contributed by atoms with Crippen LogP contribution in [-0.4, -0.2) is 47.6 Å². The summed E-state index contributed by atoms with van der Waals surface area (Å²) in [6, 6.07) is 7.90. The van der Waals surface area contributed by atoms with Gasteiger partial charge in [-0.25, -0.2) is 0 Å². The van der Waals surface area contributed by atoms with E-state index >= 15 is 0 Å². The molecule has 1 aromatic heterocycles. The lowest BCUT2D eigenvalue weighted by Gasteiger charge is -2.43. The highest BCUT2D eigenvalue weighted by molar-refractivity contribution is 6.05. The summed E-state index contributed by atoms with van der Waals surface area (Å²) in [5.41, 5.74) is 4.32. The van der Waals surface area contributed by atoms with Gasteiger partial charge in [-0.3, -0.25) is 9.59 Å². The predicted octanol–water partition coefficient (Wildman–Crippen LogP) is 6.38. The maximum atomic E-state index is 13.7. The average Bonchev–Trinajstić information content (AvgIpc) is 3.40. The lowest BCUT2D eigenvalue weighted by Crippen LogP contribution is -2.49. The van der Waals surface area contributed by atoms with Crippen molar-refractivity contribution in [2.75, 3.05) is 24.5 Å². The SMILES string of the molecule is Cc1cc(C)c(N(C(=O)c2ccco2)C2CCN(CCC3(C(C)C(=O)O)CCCCC3)CC2)c(C)c1. The fraction of sp³-hybridized carbons (Fsp3) is 0.600. The van der Waals surface area contributed by atoms with Crippen LogP contribution in [0.4, 0.5) is 5.69 Å². The van der Waals surface area contributed by atoms with Crippen molar-refractivity contribution in [3.05, 3.63) is 53.0 Å². The summed E-state index contributed by atoms with van der Waals surface area (Å²) in [4.78, 5) is 30.0. The highest BCUT2D eigenvalue weighted by Crippen LogP contribution is 2.46. The van der Waals surface area contributed by atoms with Crippen LogP contribution < -0.4 is 4.90 Å². The Morgan fingerprint density at radius 3 is 2.31 bits per heavy atom. The number of carboxylic acid groups (broad SMARTS) is 1. The minimum absolute atomic E-state index is 0.0788. The molecule has 2 aliphatic rings. The molecule has 6 nitrogen and oxygen atoms in total. The van der Waals surface area contributed by atoms with E-state index in [-0.39, 0.29) is 23.3 Å². The molecule has 196 valence electrons. The van der Waals surface area contributed by atoms with E-state index in [9.17, 15) is 14.7 Å². The van der Waals surface area contributed by atoms with Gasteiger partial charge in [0.05, 0.1) is 17.9 Å². The first-order valence-electron chi connectivity index (χ1n) is 13.6. The van der Waals surface area contributed by atoms with Gasteiger partial charge in [-0.05, 0) is 88.1 Å². The molecule has 2 heterocycles. The van der Waals surface area contributed by atoms with E-state index in [1.165, 1.54) is 12.0 Å². The summed E-state index contributed by atoms with van der Waals surface area (Å²) in [7, 11) is 0. The number of likely N-dealkylation sites (tertiary alicyclic amines) is 1. The number of hydrogen-bond acceptors (Lipinski definition) is 4. The predicted molar refractivity (Wildman–Crippen MR) is 143 cm³/mol. The van der Waals surface area contributed by atoms with E-state index in [0.29, 0.717) is 5.76 Å². The Balaban J connectivity index is 1.48. The lowest BCUT2D eigenvalue weighted by molar-refractivity contribution is -0.147. The zero-order valence-corrected chi connectivity index (χ0v) is 22.4. The second kappa shape index (κ2) is 11.2. The van der Waals surface area contributed by atoms with E-state index < -0.39 is 5.97 Å². The van der Waals surface area contributed by atoms with Crippen molar-refractivity contribution < 1.29 is 19.1 Å². The molecule has 2 aromatic rings. The van der Waals surface area contributed by atoms with Gasteiger partial charge in [0.15, 0.2) is 5.76 Å². The maximum Gasteiger partial charge on any atom is 0.306 e. The normalized spacial score (nSPS) is 19.7. The Morgan fingerprint density at radius 2 is 1.75 bits per heavy atom. The summed E-state index contributed by atoms with van der Waals surface area (Å²) >= 11 is 0. The van der Waals surface area contributed by atoms with Gasteiger partial charge in [-0.2, -0.15) is 0 Å². The number of benzene rings is 1. The molecule has 6 heteroatoms. The van der Waals surface area contributed by atoms with Gasteiger partial charge in [0.1, 0.15) is 0 Å². The van der Waals surface area contributed by atoms with Crippen LogP contribution in [0.25, 0.3) is 0 Å². The summed E-state index contributed by atoms with van der Waals surface area (Å²) in [6.07, 6.45) is 9.82. The van der Waals surface area contributed by atoms with Crippen molar-refractivity contribution in [2.45, 2.75) is 85.1 Å². The topological polar surface area (TPSA) is 74.0 Å². The van der Waals surface area contributed by atoms with Gasteiger partial charge in [0, 0.05) is 19.1 Å². The molecule has 1 N–H and O–H groups in total. The molecule has 4 rings (SSSR count). The van der Waals surface area contributed by atoms with Crippen molar-refractivity contribution in [3.63, 3.8) is 0 Å². The number of piperidine rings is 1. The highest BCUT2D eigenvalue weighted by Gasteiger charge is 2.41. The maximum absolute atomic E-state index is 13.7. The second-order valence-corrected chi connectivity index (χ2v) is 11.2. The standard InChI is InChI=1S/C30H42N2O4/c1-21-19-22(2)27(23(3)20-21)32(28(33)26-9-8-18-36-26)25-10-15-31(16-11-25)17-14-30(24(4)29(34)35)12-6-5-7-13-30/h8-9,18-20,24-25H,5-7,10-17H2,1-4H3,(H,34,35). The van der Waals surface area contributed by atoms with E-state index in [0.717, 1.165) is 81.4 Å². The molecule has 1 aliphatic carbocycles. The number of aliphatic carboxylic acids is 1. The van der Waals surface area contributed by atoms with Crippen molar-refractivity contribution in [1.29, 1.82) is 0 Å². The number of furan rings is 1. The minimum Gasteiger partial charge on any atom is -0.481 e. The zero-order valence-electron chi connectivity index (χ0n) is 22.4. The van der Waals surface area contributed by atoms with Crippen LogP contribution in [0.5, 0.6) is 0 Å². The molecule has 0 radical (unpaired) electrons. The van der Waals surface area contributed by atoms with Gasteiger partial charge >= 0.3 is 5.97 Å². The highest BCUT2D eigenvalue weighted by atomic mass is 16.4. The molecule has 1 aromatic carbocycles. The Hall–Kier alpha value is -2.60. The van der Waals surface area contributed by atoms with Crippen LogP contribution in [0.2, 0.25) is 0 Å². The number of rotatable bonds is 8. The second-order valence-electron chi connectivity index (χ2n) is 11.2. The summed E-state index contributed by atoms with van der Waals surface area (Å²) < 4.78 is 5.52. The largest absolute Gasteiger partial charge is 0.481 e. The van der Waals surface area contributed by atoms with Gasteiger partial charge in [-0.1, -0.05) is 43.9 Å². The first-order valence-corrected chi connectivity index (χ1v) is 13.6. The number of hydrogen-bond donors (Lipinski definition) is 1. The number of nitrogens with zero attached hydrogens (tertiary/aromatic N) is 2. The van der Waals surface area contributed by atoms with Crippen LogP contribution in [0.15, 0.2) is 34.9 Å². The molecule has 1 aliphatic heterocycles. The molecule has 36 heavy (non-hydrogen) atoms. The van der Waals surface area contributed by atoms with Crippen molar-refractivity contribution in [1.82, 2.24) is 4.90 Å². The van der Waals surface area contributed by atoms with E-state index in [1.54, 1.807) is 18.4 Å². The smallest absolute Gasteiger partial charge is 0.306 e. The third-order valence-corrected chi connectivity index (χ3v) is 8.81. The number of carbonyl (C=O) groups is 2. The summed E-state index contributed by atoms with van der Waals surface area (Å²) in [5, 5.41) is 9.77. The molecule has 1 amide bonds. The zero-order chi connectivity index (χ0) is 25.9. The fourth-order valence-corrected chi connectivity index (χ4v) is 6.72. The van der Waals surface area contributed by atoms with Gasteiger partial charge in [0.2, 0.25) is 0 Å². The summed E-state index contributed by atoms with van der Waals surface area (Å²) in [6.45, 7) is 10.9. The molecular weight excluding hydrogens is 452 g/mol. The Bertz CT molecular complexity index is 1020. The van der Waals surface area contributed by atoms with Crippen LogP contribution in [0, 0.1) is 32.1 Å². The Kier molecular flexibility index (Phi) is 8.23. The van der Waals surface area contributed by atoms with Gasteiger partial charge < -0.3 is 19.3 Å². The van der Waals surface area contributed by atoms with Crippen molar-refractivity contribution in [2.24, 2.45) is 11.3 Å². The molecular formula is C30H42N2O4. The minimum atomic E-state index is -0.661. The third-order valence-electron chi connectivity index (χ3n) is 8.81. The number of carboxylic acids is 1. The van der Waals surface area contributed by atoms with E-state index in [1.807, 2.05) is 11.8 Å². The number of amides is 1. The van der Waals surface area contributed by atoms with Gasteiger partial charge in [-0.15, -0.1) is 0 Å². The lowest BCUT2D eigenvalue weighted by atomic mass is 9.64. The Morgan fingerprint density at radius 1 is 1.11 bits per heavy atom. The number of anilines is 1. The van der Waals surface area contributed by atoms with Crippen LogP contribution >= 0.6 is 0 Å². The number of aryl methyl sites for hydroxylation is 3. The molecule has 1 saturated carbocycles. The van der Waals surface area contributed by atoms with Crippen molar-refractivity contribution in [3.8, 4) is 0 Å². The first kappa shape index (κ1) is 26.5. The average molecular weight is 495 g/mol. The monoisotopic (exact) mass is 494 g/mol. The fourth-order valence-electron chi connectivity index (χ4n) is 6.72. The molecule has 1 atom stereocenters. The number of carbonyl (C=O) groups excluding carboxylic acids is 1. The van der Waals surface area contributed by atoms with Crippen LogP contribution in [-0.2, 0) is 4.79 Å². The molecule has 1 unspecified atom stereocenters. The van der Waals surface area contributed by atoms with Crippen LogP contribution in [0.3, 0.4) is 0 Å². The van der Waals surface area contributed by atoms with E-state index in [4.69, 9.17) is 4.42 Å². The van der Waals surface area contributed by atoms with Gasteiger partial charge in [0.25, 0.3) is 5.91 Å². The Labute approximate surface area is 215 Å². The first-order chi connectivity index (χ1) is 17.2. The van der Waals surface area contributed by atoms with Crippen molar-refractivity contribution >= 4 is 17.6 Å². The summed E-state index contributed by atoms with van der Waals surface area (Å²) in [5.74, 6) is -0.667. The quantitative estimate of drug-likeness (QED) is 0.461. The molecule has 0 spiro atoms. The molecule has 0 bridgehead atoms. The molecule has 2 fully saturated rings. The van der Waals surface area contributed by atoms with Crippen LogP contribution in [0.1, 0.15) is 85.5 Å². The van der Waals surface area contributed by atoms with E-state index in [2.05, 4.69) is 37.8 Å². The third kappa shape index (κ3) is 5.54.